The number of carboxylic acid groups (broad SMARTS) is 1. The van der Waals surface area contributed by atoms with Gasteiger partial charge in [-0.3, -0.25) is 0 Å². The van der Waals surface area contributed by atoms with Crippen molar-refractivity contribution in [2.75, 3.05) is 0 Å². The van der Waals surface area contributed by atoms with E-state index in [-0.39, 0.29) is 12.2 Å². The lowest BCUT2D eigenvalue weighted by atomic mass is 10.1. The van der Waals surface area contributed by atoms with E-state index in [1.165, 1.54) is 6.07 Å². The first kappa shape index (κ1) is 15.7. The molecular formula is C16H14Cl2O3. The zero-order valence-electron chi connectivity index (χ0n) is 11.4. The molecule has 0 fully saturated rings. The van der Waals surface area contributed by atoms with E-state index in [0.717, 1.165) is 12.0 Å². The molecular weight excluding hydrogens is 311 g/mol. The molecule has 1 N–H and O–H groups in total. The highest BCUT2D eigenvalue weighted by molar-refractivity contribution is 6.34. The molecule has 0 radical (unpaired) electrons. The van der Waals surface area contributed by atoms with Crippen LogP contribution in [0.1, 0.15) is 28.4 Å². The summed E-state index contributed by atoms with van der Waals surface area (Å²) in [6.07, 6.45) is 0.778. The lowest BCUT2D eigenvalue weighted by molar-refractivity contribution is 0.0694. The van der Waals surface area contributed by atoms with Crippen LogP contribution in [0.4, 0.5) is 0 Å². The average molecular weight is 325 g/mol. The van der Waals surface area contributed by atoms with Gasteiger partial charge in [0.05, 0.1) is 10.6 Å². The first-order valence-corrected chi connectivity index (χ1v) is 7.20. The summed E-state index contributed by atoms with van der Waals surface area (Å²) in [6, 6.07) is 10.1. The van der Waals surface area contributed by atoms with E-state index in [0.29, 0.717) is 21.4 Å². The minimum atomic E-state index is -0.986. The van der Waals surface area contributed by atoms with E-state index in [1.807, 2.05) is 6.92 Å². The molecule has 0 amide bonds. The van der Waals surface area contributed by atoms with Gasteiger partial charge in [0.25, 0.3) is 0 Å². The summed E-state index contributed by atoms with van der Waals surface area (Å²) >= 11 is 12.3. The maximum atomic E-state index is 11.1. The number of rotatable bonds is 5. The predicted octanol–water partition coefficient (Wildman–Crippen LogP) is 4.83. The zero-order chi connectivity index (χ0) is 15.4. The number of hydrogen-bond donors (Lipinski definition) is 1. The predicted molar refractivity (Wildman–Crippen MR) is 83.6 cm³/mol. The Hall–Kier alpha value is -1.71. The fraction of sp³-hybridized carbons (Fsp3) is 0.188. The van der Waals surface area contributed by atoms with E-state index in [2.05, 4.69) is 0 Å². The molecule has 0 saturated heterocycles. The van der Waals surface area contributed by atoms with Gasteiger partial charge in [0, 0.05) is 16.7 Å². The number of carbonyl (C=O) groups is 1. The van der Waals surface area contributed by atoms with Gasteiger partial charge in [-0.2, -0.15) is 0 Å². The molecule has 2 aromatic rings. The Morgan fingerprint density at radius 2 is 1.86 bits per heavy atom. The Labute approximate surface area is 133 Å². The number of aromatic carboxylic acids is 1. The number of benzene rings is 2. The standard InChI is InChI=1S/C16H14Cl2O3/c1-2-10-7-14(18)15(8-13(10)17)21-9-11-5-3-4-6-12(11)16(19)20/h3-8H,2,9H2,1H3,(H,19,20). The Bertz CT molecular complexity index is 669. The fourth-order valence-corrected chi connectivity index (χ4v) is 2.49. The fourth-order valence-electron chi connectivity index (χ4n) is 1.96. The molecule has 0 spiro atoms. The van der Waals surface area contributed by atoms with Crippen molar-refractivity contribution in [2.24, 2.45) is 0 Å². The highest BCUT2D eigenvalue weighted by Crippen LogP contribution is 2.32. The SMILES string of the molecule is CCc1cc(Cl)c(OCc2ccccc2C(=O)O)cc1Cl. The molecule has 21 heavy (non-hydrogen) atoms. The first-order chi connectivity index (χ1) is 10.0. The summed E-state index contributed by atoms with van der Waals surface area (Å²) in [7, 11) is 0. The van der Waals surface area contributed by atoms with Gasteiger partial charge in [-0.25, -0.2) is 4.79 Å². The van der Waals surface area contributed by atoms with E-state index in [9.17, 15) is 4.79 Å². The molecule has 0 aromatic heterocycles. The van der Waals surface area contributed by atoms with Crippen molar-refractivity contribution in [3.63, 3.8) is 0 Å². The smallest absolute Gasteiger partial charge is 0.336 e. The molecule has 0 aliphatic carbocycles. The molecule has 3 nitrogen and oxygen atoms in total. The third-order valence-electron chi connectivity index (χ3n) is 3.11. The Kier molecular flexibility index (Phi) is 5.10. The van der Waals surface area contributed by atoms with E-state index in [1.54, 1.807) is 30.3 Å². The minimum absolute atomic E-state index is 0.115. The second-order valence-electron chi connectivity index (χ2n) is 4.48. The molecule has 0 aliphatic heterocycles. The quantitative estimate of drug-likeness (QED) is 0.856. The van der Waals surface area contributed by atoms with Gasteiger partial charge in [0.15, 0.2) is 0 Å². The summed E-state index contributed by atoms with van der Waals surface area (Å²) in [5, 5.41) is 10.2. The lowest BCUT2D eigenvalue weighted by Crippen LogP contribution is -2.05. The molecule has 0 atom stereocenters. The molecule has 5 heteroatoms. The summed E-state index contributed by atoms with van der Waals surface area (Å²) < 4.78 is 5.61. The molecule has 0 saturated carbocycles. The Morgan fingerprint density at radius 1 is 1.14 bits per heavy atom. The van der Waals surface area contributed by atoms with E-state index in [4.69, 9.17) is 33.0 Å². The lowest BCUT2D eigenvalue weighted by Gasteiger charge is -2.12. The Morgan fingerprint density at radius 3 is 2.52 bits per heavy atom. The molecule has 0 aliphatic rings. The molecule has 0 bridgehead atoms. The number of aryl methyl sites for hydroxylation is 1. The van der Waals surface area contributed by atoms with Crippen LogP contribution in [-0.2, 0) is 13.0 Å². The maximum Gasteiger partial charge on any atom is 0.336 e. The van der Waals surface area contributed by atoms with Gasteiger partial charge in [-0.05, 0) is 24.1 Å². The summed E-state index contributed by atoms with van der Waals surface area (Å²) in [5.41, 5.74) is 1.74. The van der Waals surface area contributed by atoms with Crippen molar-refractivity contribution in [1.29, 1.82) is 0 Å². The molecule has 0 unspecified atom stereocenters. The highest BCUT2D eigenvalue weighted by atomic mass is 35.5. The van der Waals surface area contributed by atoms with E-state index < -0.39 is 5.97 Å². The van der Waals surface area contributed by atoms with Crippen LogP contribution in [0.25, 0.3) is 0 Å². The van der Waals surface area contributed by atoms with Crippen molar-refractivity contribution in [2.45, 2.75) is 20.0 Å². The van der Waals surface area contributed by atoms with Crippen molar-refractivity contribution in [1.82, 2.24) is 0 Å². The zero-order valence-corrected chi connectivity index (χ0v) is 12.9. The van der Waals surface area contributed by atoms with Gasteiger partial charge in [-0.15, -0.1) is 0 Å². The second-order valence-corrected chi connectivity index (χ2v) is 5.29. The van der Waals surface area contributed by atoms with E-state index >= 15 is 0 Å². The largest absolute Gasteiger partial charge is 0.487 e. The second kappa shape index (κ2) is 6.83. The third kappa shape index (κ3) is 3.69. The van der Waals surface area contributed by atoms with Gasteiger partial charge in [0.1, 0.15) is 12.4 Å². The van der Waals surface area contributed by atoms with Gasteiger partial charge < -0.3 is 9.84 Å². The van der Waals surface area contributed by atoms with Crippen LogP contribution in [-0.4, -0.2) is 11.1 Å². The van der Waals surface area contributed by atoms with Crippen LogP contribution >= 0.6 is 23.2 Å². The minimum Gasteiger partial charge on any atom is -0.487 e. The van der Waals surface area contributed by atoms with Gasteiger partial charge >= 0.3 is 5.97 Å². The number of carboxylic acids is 1. The highest BCUT2D eigenvalue weighted by Gasteiger charge is 2.11. The van der Waals surface area contributed by atoms with Crippen molar-refractivity contribution in [3.8, 4) is 5.75 Å². The van der Waals surface area contributed by atoms with Crippen LogP contribution in [0.15, 0.2) is 36.4 Å². The monoisotopic (exact) mass is 324 g/mol. The Balaban J connectivity index is 2.21. The molecule has 110 valence electrons. The molecule has 2 rings (SSSR count). The maximum absolute atomic E-state index is 11.1. The number of hydrogen-bond acceptors (Lipinski definition) is 2. The van der Waals surface area contributed by atoms with Crippen LogP contribution in [0, 0.1) is 0 Å². The molecule has 2 aromatic carbocycles. The van der Waals surface area contributed by atoms with Crippen LogP contribution < -0.4 is 4.74 Å². The topological polar surface area (TPSA) is 46.5 Å². The van der Waals surface area contributed by atoms with Crippen LogP contribution in [0.2, 0.25) is 10.0 Å². The normalized spacial score (nSPS) is 10.4. The van der Waals surface area contributed by atoms with Crippen molar-refractivity contribution < 1.29 is 14.6 Å². The third-order valence-corrected chi connectivity index (χ3v) is 3.76. The summed E-state index contributed by atoms with van der Waals surface area (Å²) in [6.45, 7) is 2.10. The molecule has 0 heterocycles. The first-order valence-electron chi connectivity index (χ1n) is 6.44. The van der Waals surface area contributed by atoms with Gasteiger partial charge in [-0.1, -0.05) is 48.3 Å². The summed E-state index contributed by atoms with van der Waals surface area (Å²) in [4.78, 5) is 11.1. The van der Waals surface area contributed by atoms with Crippen LogP contribution in [0.3, 0.4) is 0 Å². The number of ether oxygens (including phenoxy) is 1. The van der Waals surface area contributed by atoms with Gasteiger partial charge in [0.2, 0.25) is 0 Å². The average Bonchev–Trinajstić information content (AvgIpc) is 2.47. The van der Waals surface area contributed by atoms with Crippen LogP contribution in [0.5, 0.6) is 5.75 Å². The number of halogens is 2. The summed E-state index contributed by atoms with van der Waals surface area (Å²) in [5.74, 6) is -0.543. The van der Waals surface area contributed by atoms with Crippen molar-refractivity contribution >= 4 is 29.2 Å². The van der Waals surface area contributed by atoms with Crippen molar-refractivity contribution in [3.05, 3.63) is 63.1 Å².